The van der Waals surface area contributed by atoms with Crippen molar-refractivity contribution >= 4 is 34.2 Å². The number of thiol groups is 1. The van der Waals surface area contributed by atoms with Gasteiger partial charge in [0.1, 0.15) is 16.7 Å². The molecule has 2 aliphatic rings. The van der Waals surface area contributed by atoms with Crippen LogP contribution < -0.4 is 10.1 Å². The average Bonchev–Trinajstić information content (AvgIpc) is 2.88. The predicted molar refractivity (Wildman–Crippen MR) is 145 cm³/mol. The number of allylic oxidation sites excluding steroid dienone is 1. The van der Waals surface area contributed by atoms with Crippen LogP contribution in [0.4, 0.5) is 5.82 Å². The molecule has 0 fully saturated rings. The number of halogens is 1. The third-order valence-electron chi connectivity index (χ3n) is 6.68. The molecule has 0 saturated heterocycles. The Morgan fingerprint density at radius 1 is 1.19 bits per heavy atom. The Balaban J connectivity index is 1.37. The maximum atomic E-state index is 13.4. The van der Waals surface area contributed by atoms with E-state index in [1.54, 1.807) is 25.6 Å². The van der Waals surface area contributed by atoms with E-state index in [1.807, 2.05) is 19.1 Å². The number of nitrogens with zero attached hydrogens (tertiary/aromatic N) is 3. The normalized spacial score (nSPS) is 20.3. The lowest BCUT2D eigenvalue weighted by molar-refractivity contribution is 0.102. The molecule has 3 aromatic rings. The van der Waals surface area contributed by atoms with Gasteiger partial charge < -0.3 is 15.2 Å². The van der Waals surface area contributed by atoms with Gasteiger partial charge in [0.2, 0.25) is 0 Å². The molecule has 0 saturated carbocycles. The molecule has 36 heavy (non-hydrogen) atoms. The number of aliphatic hydroxyl groups is 1. The fourth-order valence-corrected chi connectivity index (χ4v) is 7.56. The molecule has 0 radical (unpaired) electrons. The third-order valence-corrected chi connectivity index (χ3v) is 9.60. The summed E-state index contributed by atoms with van der Waals surface area (Å²) in [7, 11) is 1.34. The maximum absolute atomic E-state index is 13.4. The summed E-state index contributed by atoms with van der Waals surface area (Å²) in [5, 5.41) is 13.1. The zero-order chi connectivity index (χ0) is 25.2. The first-order valence-electron chi connectivity index (χ1n) is 12.0. The van der Waals surface area contributed by atoms with E-state index in [0.717, 1.165) is 48.6 Å². The van der Waals surface area contributed by atoms with Gasteiger partial charge in [0, 0.05) is 34.5 Å². The second-order valence-corrected chi connectivity index (χ2v) is 11.9. The smallest absolute Gasteiger partial charge is 0.259 e. The summed E-state index contributed by atoms with van der Waals surface area (Å²) in [6.45, 7) is 1.87. The first-order valence-corrected chi connectivity index (χ1v) is 14.1. The Morgan fingerprint density at radius 3 is 2.83 bits per heavy atom. The topological polar surface area (TPSA) is 97.2 Å². The van der Waals surface area contributed by atoms with Gasteiger partial charge in [0.25, 0.3) is 5.91 Å². The number of pyridine rings is 3. The van der Waals surface area contributed by atoms with Gasteiger partial charge in [-0.1, -0.05) is 23.7 Å². The van der Waals surface area contributed by atoms with Crippen LogP contribution in [0.1, 0.15) is 46.6 Å². The fraction of sp³-hybridized carbons (Fsp3) is 0.333. The summed E-state index contributed by atoms with van der Waals surface area (Å²) in [6.07, 6.45) is 8.72. The van der Waals surface area contributed by atoms with Crippen molar-refractivity contribution < 1.29 is 14.6 Å². The van der Waals surface area contributed by atoms with Crippen molar-refractivity contribution in [2.24, 2.45) is 0 Å². The molecule has 2 unspecified atom stereocenters. The number of aryl methyl sites for hydroxylation is 2. The summed E-state index contributed by atoms with van der Waals surface area (Å²) >= 11 is 6.15. The van der Waals surface area contributed by atoms with E-state index in [2.05, 4.69) is 27.4 Å². The number of rotatable bonds is 5. The van der Waals surface area contributed by atoms with E-state index in [-0.39, 0.29) is 22.9 Å². The molecular weight excluding hydrogens is 496 g/mol. The Hall–Kier alpha value is -2.94. The van der Waals surface area contributed by atoms with Crippen LogP contribution in [0.5, 0.6) is 5.75 Å². The van der Waals surface area contributed by atoms with Gasteiger partial charge in [-0.3, -0.25) is 9.78 Å². The van der Waals surface area contributed by atoms with Crippen molar-refractivity contribution in [1.29, 1.82) is 0 Å². The number of methoxy groups -OCH3 is 1. The third kappa shape index (κ3) is 5.26. The van der Waals surface area contributed by atoms with Crippen molar-refractivity contribution in [2.45, 2.75) is 44.5 Å². The Bertz CT molecular complexity index is 1350. The van der Waals surface area contributed by atoms with Crippen molar-refractivity contribution in [3.8, 4) is 16.9 Å². The number of carbonyl (C=O) groups excluding carboxylic acids is 1. The van der Waals surface area contributed by atoms with E-state index in [4.69, 9.17) is 21.3 Å². The van der Waals surface area contributed by atoms with E-state index in [9.17, 15) is 9.90 Å². The largest absolute Gasteiger partial charge is 0.494 e. The van der Waals surface area contributed by atoms with Crippen LogP contribution in [0.25, 0.3) is 11.1 Å². The van der Waals surface area contributed by atoms with Gasteiger partial charge in [-0.05, 0) is 67.0 Å². The highest BCUT2D eigenvalue weighted by Gasteiger charge is 2.24. The number of amides is 1. The quantitative estimate of drug-likeness (QED) is 0.311. The molecule has 1 aliphatic carbocycles. The van der Waals surface area contributed by atoms with Gasteiger partial charge in [-0.25, -0.2) is 20.9 Å². The highest BCUT2D eigenvalue weighted by atomic mass is 35.5. The molecular formula is C27H29ClN4O3S. The first kappa shape index (κ1) is 24.7. The lowest BCUT2D eigenvalue weighted by Crippen LogP contribution is -2.18. The second-order valence-electron chi connectivity index (χ2n) is 9.13. The molecule has 0 spiro atoms. The van der Waals surface area contributed by atoms with Crippen molar-refractivity contribution in [3.05, 3.63) is 75.3 Å². The minimum Gasteiger partial charge on any atom is -0.494 e. The number of aliphatic hydroxyl groups excluding tert-OH is 1. The van der Waals surface area contributed by atoms with Gasteiger partial charge in [0.15, 0.2) is 0 Å². The minimum absolute atomic E-state index is 0.186. The second kappa shape index (κ2) is 10.6. The summed E-state index contributed by atoms with van der Waals surface area (Å²) in [5.74, 6) is 2.86. The zero-order valence-electron chi connectivity index (χ0n) is 20.3. The molecule has 1 aliphatic heterocycles. The number of fused-ring (bicyclic) bond motifs is 1. The monoisotopic (exact) mass is 524 g/mol. The molecule has 2 N–H and O–H groups in total. The standard InChI is InChI=1S/C27H29ClN4O3S/c1-16-11-20(21-12-25(28)30-14-24(21)35-2)22(13-29-16)27(34)32-26-8-3-17-15-36(10-9-23(17)31-26)19-6-4-18(33)5-7-19/h3,6,8,11-14,18,33,36H,4-5,7,9-10,15H2,1-2H3,(H,31,32,34). The number of anilines is 1. The number of nitrogens with one attached hydrogen (secondary N) is 1. The van der Waals surface area contributed by atoms with Crippen LogP contribution in [0.3, 0.4) is 0 Å². The van der Waals surface area contributed by atoms with Crippen LogP contribution in [0, 0.1) is 6.92 Å². The van der Waals surface area contributed by atoms with Crippen LogP contribution in [0.15, 0.2) is 47.6 Å². The SMILES string of the molecule is COc1cnc(Cl)cc1-c1cc(C)ncc1C(=O)Nc1ccc2c(n1)CC[SH](C1=CCC(O)CC1)C2. The number of ether oxygens (including phenoxy) is 1. The van der Waals surface area contributed by atoms with Crippen LogP contribution in [0.2, 0.25) is 5.15 Å². The highest BCUT2D eigenvalue weighted by molar-refractivity contribution is 8.19. The summed E-state index contributed by atoms with van der Waals surface area (Å²) in [4.78, 5) is 28.1. The molecule has 5 rings (SSSR count). The molecule has 188 valence electrons. The van der Waals surface area contributed by atoms with Crippen molar-refractivity contribution in [2.75, 3.05) is 18.2 Å². The zero-order valence-corrected chi connectivity index (χ0v) is 21.9. The van der Waals surface area contributed by atoms with Gasteiger partial charge >= 0.3 is 0 Å². The molecule has 1 amide bonds. The Morgan fingerprint density at radius 2 is 2.06 bits per heavy atom. The summed E-state index contributed by atoms with van der Waals surface area (Å²) in [5.41, 5.74) is 4.80. The van der Waals surface area contributed by atoms with E-state index < -0.39 is 0 Å². The molecule has 9 heteroatoms. The summed E-state index contributed by atoms with van der Waals surface area (Å²) in [6, 6.07) is 7.48. The molecule has 2 atom stereocenters. The molecule has 7 nitrogen and oxygen atoms in total. The number of hydrogen-bond acceptors (Lipinski definition) is 6. The van der Waals surface area contributed by atoms with Crippen LogP contribution >= 0.6 is 22.5 Å². The number of hydrogen-bond donors (Lipinski definition) is 3. The molecule has 4 heterocycles. The Kier molecular flexibility index (Phi) is 7.27. The van der Waals surface area contributed by atoms with Crippen LogP contribution in [-0.2, 0) is 12.2 Å². The first-order chi connectivity index (χ1) is 17.4. The number of carbonyl (C=O) groups is 1. The molecule has 0 aromatic carbocycles. The highest BCUT2D eigenvalue weighted by Crippen LogP contribution is 2.47. The van der Waals surface area contributed by atoms with Gasteiger partial charge in [-0.15, -0.1) is 0 Å². The average molecular weight is 525 g/mol. The number of aromatic nitrogens is 3. The Labute approximate surface area is 218 Å². The lowest BCUT2D eigenvalue weighted by Gasteiger charge is -2.32. The predicted octanol–water partition coefficient (Wildman–Crippen LogP) is 5.25. The van der Waals surface area contributed by atoms with Crippen molar-refractivity contribution in [3.63, 3.8) is 0 Å². The van der Waals surface area contributed by atoms with Crippen LogP contribution in [-0.4, -0.2) is 44.9 Å². The van der Waals surface area contributed by atoms with Gasteiger partial charge in [-0.2, -0.15) is 0 Å². The maximum Gasteiger partial charge on any atom is 0.259 e. The van der Waals surface area contributed by atoms with E-state index in [0.29, 0.717) is 33.4 Å². The molecule has 0 bridgehead atoms. The summed E-state index contributed by atoms with van der Waals surface area (Å²) < 4.78 is 5.47. The minimum atomic E-state index is -0.302. The van der Waals surface area contributed by atoms with Crippen molar-refractivity contribution in [1.82, 2.24) is 15.0 Å². The van der Waals surface area contributed by atoms with E-state index >= 15 is 0 Å². The lowest BCUT2D eigenvalue weighted by atomic mass is 10.0. The van der Waals surface area contributed by atoms with Gasteiger partial charge in [0.05, 0.1) is 25.0 Å². The fourth-order valence-electron chi connectivity index (χ4n) is 4.76. The molecule has 3 aromatic heterocycles. The van der Waals surface area contributed by atoms with E-state index in [1.165, 1.54) is 10.5 Å².